The van der Waals surface area contributed by atoms with E-state index in [-0.39, 0.29) is 5.82 Å². The summed E-state index contributed by atoms with van der Waals surface area (Å²) in [5, 5.41) is 0. The van der Waals surface area contributed by atoms with Crippen LogP contribution in [0.4, 0.5) is 4.39 Å². The van der Waals surface area contributed by atoms with Gasteiger partial charge in [0, 0.05) is 11.3 Å². The lowest BCUT2D eigenvalue weighted by Gasteiger charge is -2.06. The largest absolute Gasteiger partial charge is 0.330 e. The Hall–Kier alpha value is -1.11. The van der Waals surface area contributed by atoms with Crippen molar-refractivity contribution in [2.45, 2.75) is 12.2 Å². The standard InChI is InChI=1S/C11H16FN3OS/c12-10-3-2-8(11(16)15-14)6-9(10)7-17-5-1-4-13/h2-3,6H,1,4-5,7,13-14H2,(H,15,16). The Kier molecular flexibility index (Phi) is 5.96. The van der Waals surface area contributed by atoms with Crippen LogP contribution >= 0.6 is 11.8 Å². The van der Waals surface area contributed by atoms with E-state index in [4.69, 9.17) is 11.6 Å². The van der Waals surface area contributed by atoms with Crippen molar-refractivity contribution in [2.24, 2.45) is 11.6 Å². The Morgan fingerprint density at radius 1 is 1.47 bits per heavy atom. The van der Waals surface area contributed by atoms with Crippen LogP contribution in [-0.2, 0) is 5.75 Å². The van der Waals surface area contributed by atoms with Gasteiger partial charge in [-0.05, 0) is 42.5 Å². The van der Waals surface area contributed by atoms with Gasteiger partial charge in [0.15, 0.2) is 0 Å². The molecule has 0 radical (unpaired) electrons. The van der Waals surface area contributed by atoms with E-state index < -0.39 is 5.91 Å². The van der Waals surface area contributed by atoms with Gasteiger partial charge < -0.3 is 5.73 Å². The highest BCUT2D eigenvalue weighted by atomic mass is 32.2. The highest BCUT2D eigenvalue weighted by Gasteiger charge is 2.08. The number of halogens is 1. The second kappa shape index (κ2) is 7.26. The first kappa shape index (κ1) is 14.0. The van der Waals surface area contributed by atoms with E-state index in [0.29, 0.717) is 23.4 Å². The van der Waals surface area contributed by atoms with Crippen molar-refractivity contribution in [2.75, 3.05) is 12.3 Å². The fraction of sp³-hybridized carbons (Fsp3) is 0.364. The van der Waals surface area contributed by atoms with E-state index in [9.17, 15) is 9.18 Å². The van der Waals surface area contributed by atoms with E-state index in [1.807, 2.05) is 5.43 Å². The summed E-state index contributed by atoms with van der Waals surface area (Å²) in [6.45, 7) is 0.630. The maximum atomic E-state index is 13.4. The molecule has 6 heteroatoms. The van der Waals surface area contributed by atoms with Crippen LogP contribution in [0, 0.1) is 5.82 Å². The van der Waals surface area contributed by atoms with Crippen LogP contribution in [0.5, 0.6) is 0 Å². The van der Waals surface area contributed by atoms with Crippen molar-refractivity contribution in [3.63, 3.8) is 0 Å². The van der Waals surface area contributed by atoms with Crippen molar-refractivity contribution in [1.82, 2.24) is 5.43 Å². The highest BCUT2D eigenvalue weighted by molar-refractivity contribution is 7.98. The van der Waals surface area contributed by atoms with Gasteiger partial charge >= 0.3 is 0 Å². The molecule has 1 rings (SSSR count). The molecule has 0 saturated carbocycles. The number of thioether (sulfide) groups is 1. The van der Waals surface area contributed by atoms with Crippen LogP contribution in [-0.4, -0.2) is 18.2 Å². The highest BCUT2D eigenvalue weighted by Crippen LogP contribution is 2.17. The fourth-order valence-corrected chi connectivity index (χ4v) is 2.23. The molecular weight excluding hydrogens is 241 g/mol. The SMILES string of the molecule is NCCCSCc1cc(C(=O)NN)ccc1F. The number of hydrazine groups is 1. The monoisotopic (exact) mass is 257 g/mol. The number of nitrogens with two attached hydrogens (primary N) is 2. The van der Waals surface area contributed by atoms with Crippen LogP contribution in [0.25, 0.3) is 0 Å². The molecule has 0 atom stereocenters. The average Bonchev–Trinajstić information content (AvgIpc) is 2.35. The minimum atomic E-state index is -0.418. The van der Waals surface area contributed by atoms with Gasteiger partial charge in [-0.1, -0.05) is 0 Å². The fourth-order valence-electron chi connectivity index (χ4n) is 1.28. The zero-order valence-electron chi connectivity index (χ0n) is 9.41. The normalized spacial score (nSPS) is 10.3. The molecular formula is C11H16FN3OS. The summed E-state index contributed by atoms with van der Waals surface area (Å²) in [6.07, 6.45) is 0.898. The molecule has 0 heterocycles. The number of nitrogens with one attached hydrogen (secondary N) is 1. The lowest BCUT2D eigenvalue weighted by Crippen LogP contribution is -2.30. The van der Waals surface area contributed by atoms with Crippen LogP contribution in [0.2, 0.25) is 0 Å². The molecule has 0 aliphatic rings. The third kappa shape index (κ3) is 4.33. The molecule has 0 saturated heterocycles. The van der Waals surface area contributed by atoms with Crippen molar-refractivity contribution >= 4 is 17.7 Å². The Morgan fingerprint density at radius 3 is 2.88 bits per heavy atom. The molecule has 17 heavy (non-hydrogen) atoms. The first-order valence-corrected chi connectivity index (χ1v) is 6.41. The van der Waals surface area contributed by atoms with Gasteiger partial charge in [-0.15, -0.1) is 0 Å². The van der Waals surface area contributed by atoms with E-state index in [1.54, 1.807) is 11.8 Å². The van der Waals surface area contributed by atoms with Gasteiger partial charge in [0.2, 0.25) is 0 Å². The summed E-state index contributed by atoms with van der Waals surface area (Å²) in [6, 6.07) is 4.21. The van der Waals surface area contributed by atoms with Crippen molar-refractivity contribution in [1.29, 1.82) is 0 Å². The molecule has 0 spiro atoms. The van der Waals surface area contributed by atoms with Gasteiger partial charge in [-0.25, -0.2) is 10.2 Å². The third-order valence-electron chi connectivity index (χ3n) is 2.19. The zero-order valence-corrected chi connectivity index (χ0v) is 10.2. The number of carbonyl (C=O) groups excluding carboxylic acids is 1. The summed E-state index contributed by atoms with van der Waals surface area (Å²) in [7, 11) is 0. The second-order valence-electron chi connectivity index (χ2n) is 3.47. The third-order valence-corrected chi connectivity index (χ3v) is 3.28. The molecule has 1 aromatic carbocycles. The number of rotatable bonds is 6. The summed E-state index contributed by atoms with van der Waals surface area (Å²) in [5.74, 6) is 5.70. The molecule has 0 aromatic heterocycles. The van der Waals surface area contributed by atoms with Gasteiger partial charge in [-0.2, -0.15) is 11.8 Å². The van der Waals surface area contributed by atoms with Crippen molar-refractivity contribution < 1.29 is 9.18 Å². The number of benzene rings is 1. The van der Waals surface area contributed by atoms with E-state index in [2.05, 4.69) is 0 Å². The predicted molar refractivity (Wildman–Crippen MR) is 67.9 cm³/mol. The lowest BCUT2D eigenvalue weighted by molar-refractivity contribution is 0.0953. The summed E-state index contributed by atoms with van der Waals surface area (Å²) in [5.41, 5.74) is 8.26. The number of hydrogen-bond donors (Lipinski definition) is 3. The Labute approximate surface area is 104 Å². The molecule has 94 valence electrons. The summed E-state index contributed by atoms with van der Waals surface area (Å²) in [4.78, 5) is 11.3. The number of carbonyl (C=O) groups is 1. The van der Waals surface area contributed by atoms with Crippen LogP contribution in [0.3, 0.4) is 0 Å². The van der Waals surface area contributed by atoms with Crippen LogP contribution in [0.15, 0.2) is 18.2 Å². The van der Waals surface area contributed by atoms with E-state index in [0.717, 1.165) is 12.2 Å². The van der Waals surface area contributed by atoms with Crippen molar-refractivity contribution in [3.8, 4) is 0 Å². The predicted octanol–water partition coefficient (Wildman–Crippen LogP) is 1.01. The quantitative estimate of drug-likeness (QED) is 0.307. The van der Waals surface area contributed by atoms with Gasteiger partial charge in [0.1, 0.15) is 5.82 Å². The molecule has 0 unspecified atom stereocenters. The summed E-state index contributed by atoms with van der Waals surface area (Å²) >= 11 is 1.59. The van der Waals surface area contributed by atoms with Crippen LogP contribution in [0.1, 0.15) is 22.3 Å². The van der Waals surface area contributed by atoms with E-state index in [1.165, 1.54) is 18.2 Å². The number of amides is 1. The molecule has 1 aromatic rings. The molecule has 0 bridgehead atoms. The Morgan fingerprint density at radius 2 is 2.24 bits per heavy atom. The van der Waals surface area contributed by atoms with Gasteiger partial charge in [-0.3, -0.25) is 10.2 Å². The topological polar surface area (TPSA) is 81.1 Å². The lowest BCUT2D eigenvalue weighted by atomic mass is 10.1. The first-order valence-electron chi connectivity index (χ1n) is 5.26. The van der Waals surface area contributed by atoms with Gasteiger partial charge in [0.05, 0.1) is 0 Å². The second-order valence-corrected chi connectivity index (χ2v) is 4.58. The smallest absolute Gasteiger partial charge is 0.265 e. The molecule has 0 fully saturated rings. The van der Waals surface area contributed by atoms with Crippen molar-refractivity contribution in [3.05, 3.63) is 35.1 Å². The number of nitrogen functional groups attached to an aromatic ring is 1. The average molecular weight is 257 g/mol. The molecule has 5 N–H and O–H groups in total. The minimum absolute atomic E-state index is 0.307. The Balaban J connectivity index is 2.66. The maximum absolute atomic E-state index is 13.4. The minimum Gasteiger partial charge on any atom is -0.330 e. The molecule has 0 aliphatic carbocycles. The molecule has 1 amide bonds. The number of hydrogen-bond acceptors (Lipinski definition) is 4. The maximum Gasteiger partial charge on any atom is 0.265 e. The molecule has 4 nitrogen and oxygen atoms in total. The van der Waals surface area contributed by atoms with E-state index >= 15 is 0 Å². The first-order chi connectivity index (χ1) is 8.19. The summed E-state index contributed by atoms with van der Waals surface area (Å²) < 4.78 is 13.4. The van der Waals surface area contributed by atoms with Crippen LogP contribution < -0.4 is 17.0 Å². The van der Waals surface area contributed by atoms with Gasteiger partial charge in [0.25, 0.3) is 5.91 Å². The zero-order chi connectivity index (χ0) is 12.7. The Bertz CT molecular complexity index is 387. The molecule has 0 aliphatic heterocycles.